The van der Waals surface area contributed by atoms with Gasteiger partial charge in [0.15, 0.2) is 0 Å². The van der Waals surface area contributed by atoms with Crippen LogP contribution in [0.1, 0.15) is 0 Å². The van der Waals surface area contributed by atoms with Crippen LogP contribution in [0.15, 0.2) is 12.1 Å². The summed E-state index contributed by atoms with van der Waals surface area (Å²) in [6.07, 6.45) is -2.55. The topological polar surface area (TPSA) is 85.3 Å². The first kappa shape index (κ1) is 12.1. The van der Waals surface area contributed by atoms with E-state index in [-0.39, 0.29) is 17.3 Å². The van der Waals surface area contributed by atoms with Crippen LogP contribution in [-0.2, 0) is 0 Å². The molecule has 88 valence electrons. The van der Waals surface area contributed by atoms with Gasteiger partial charge in [0.05, 0.1) is 23.6 Å². The van der Waals surface area contributed by atoms with Gasteiger partial charge in [-0.3, -0.25) is 10.1 Å². The van der Waals surface area contributed by atoms with Crippen LogP contribution in [0.5, 0.6) is 0 Å². The third-order valence-corrected chi connectivity index (χ3v) is 1.83. The molecule has 2 N–H and O–H groups in total. The van der Waals surface area contributed by atoms with Gasteiger partial charge in [-0.15, -0.1) is 0 Å². The minimum absolute atomic E-state index is 0.0481. The number of nitrogens with zero attached hydrogens (tertiary/aromatic N) is 3. The van der Waals surface area contributed by atoms with Crippen LogP contribution < -0.4 is 10.6 Å². The molecule has 0 radical (unpaired) electrons. The Morgan fingerprint density at radius 3 is 2.75 bits per heavy atom. The summed E-state index contributed by atoms with van der Waals surface area (Å²) in [4.78, 5) is 14.7. The molecule has 0 saturated heterocycles. The summed E-state index contributed by atoms with van der Waals surface area (Å²) in [7, 11) is 1.36. The number of nitrogens with two attached hydrogens (primary N) is 1. The van der Waals surface area contributed by atoms with Crippen molar-refractivity contribution < 1.29 is 13.7 Å². The minimum Gasteiger partial charge on any atom is -0.383 e. The summed E-state index contributed by atoms with van der Waals surface area (Å²) in [6, 6.07) is 2.17. The average molecular weight is 232 g/mol. The predicted molar refractivity (Wildman–Crippen MR) is 54.6 cm³/mol. The minimum atomic E-state index is -2.55. The number of hydrogen-bond donors (Lipinski definition) is 1. The SMILES string of the molecule is CN(CC(F)F)c1cc([N+](=O)[O-])cc(N)n1. The number of nitrogen functional groups attached to an aromatic ring is 1. The summed E-state index contributed by atoms with van der Waals surface area (Å²) >= 11 is 0. The Morgan fingerprint density at radius 2 is 2.25 bits per heavy atom. The van der Waals surface area contributed by atoms with E-state index in [0.717, 1.165) is 17.0 Å². The van der Waals surface area contributed by atoms with E-state index in [2.05, 4.69) is 4.98 Å². The first-order valence-electron chi connectivity index (χ1n) is 4.31. The van der Waals surface area contributed by atoms with E-state index in [0.29, 0.717) is 0 Å². The molecule has 6 nitrogen and oxygen atoms in total. The molecular formula is C8H10F2N4O2. The summed E-state index contributed by atoms with van der Waals surface area (Å²) in [5.41, 5.74) is 5.06. The molecule has 0 fully saturated rings. The van der Waals surface area contributed by atoms with Gasteiger partial charge < -0.3 is 10.6 Å². The van der Waals surface area contributed by atoms with E-state index in [1.54, 1.807) is 0 Å². The Labute approximate surface area is 89.8 Å². The van der Waals surface area contributed by atoms with Crippen LogP contribution in [0, 0.1) is 10.1 Å². The molecule has 0 atom stereocenters. The first-order chi connectivity index (χ1) is 7.40. The fraction of sp³-hybridized carbons (Fsp3) is 0.375. The monoisotopic (exact) mass is 232 g/mol. The van der Waals surface area contributed by atoms with Gasteiger partial charge in [-0.2, -0.15) is 0 Å². The first-order valence-corrected chi connectivity index (χ1v) is 4.31. The van der Waals surface area contributed by atoms with Crippen molar-refractivity contribution in [1.29, 1.82) is 0 Å². The Balaban J connectivity index is 3.00. The van der Waals surface area contributed by atoms with E-state index in [9.17, 15) is 18.9 Å². The zero-order chi connectivity index (χ0) is 12.3. The lowest BCUT2D eigenvalue weighted by Gasteiger charge is -2.17. The molecule has 1 heterocycles. The zero-order valence-corrected chi connectivity index (χ0v) is 8.43. The molecule has 0 unspecified atom stereocenters. The second kappa shape index (κ2) is 4.69. The van der Waals surface area contributed by atoms with Crippen LogP contribution in [0.4, 0.5) is 26.1 Å². The Bertz CT molecular complexity index is 400. The van der Waals surface area contributed by atoms with Gasteiger partial charge in [-0.25, -0.2) is 13.8 Å². The van der Waals surface area contributed by atoms with Crippen LogP contribution >= 0.6 is 0 Å². The highest BCUT2D eigenvalue weighted by atomic mass is 19.3. The number of alkyl halides is 2. The molecule has 0 aromatic carbocycles. The summed E-state index contributed by atoms with van der Waals surface area (Å²) in [5, 5.41) is 10.5. The van der Waals surface area contributed by atoms with Gasteiger partial charge >= 0.3 is 0 Å². The molecule has 0 spiro atoms. The normalized spacial score (nSPS) is 10.5. The second-order valence-electron chi connectivity index (χ2n) is 3.14. The maximum absolute atomic E-state index is 12.1. The maximum atomic E-state index is 12.1. The third kappa shape index (κ3) is 3.01. The standard InChI is InChI=1S/C8H10F2N4O2/c1-13(4-6(9)10)8-3-5(14(15)16)2-7(11)12-8/h2-3,6H,4H2,1H3,(H2,11,12). The Kier molecular flexibility index (Phi) is 3.54. The quantitative estimate of drug-likeness (QED) is 0.624. The number of hydrogen-bond acceptors (Lipinski definition) is 5. The number of pyridine rings is 1. The van der Waals surface area contributed by atoms with Crippen LogP contribution in [0.25, 0.3) is 0 Å². The van der Waals surface area contributed by atoms with Crippen molar-refractivity contribution in [3.63, 3.8) is 0 Å². The highest BCUT2D eigenvalue weighted by Crippen LogP contribution is 2.21. The van der Waals surface area contributed by atoms with Gasteiger partial charge in [0.1, 0.15) is 11.6 Å². The van der Waals surface area contributed by atoms with E-state index in [1.807, 2.05) is 0 Å². The second-order valence-corrected chi connectivity index (χ2v) is 3.14. The summed E-state index contributed by atoms with van der Waals surface area (Å²) in [6.45, 7) is -0.562. The van der Waals surface area contributed by atoms with Gasteiger partial charge in [-0.1, -0.05) is 0 Å². The molecule has 0 aliphatic carbocycles. The lowest BCUT2D eigenvalue weighted by molar-refractivity contribution is -0.384. The van der Waals surface area contributed by atoms with E-state index >= 15 is 0 Å². The summed E-state index contributed by atoms with van der Waals surface area (Å²) in [5.74, 6) is -0.0303. The van der Waals surface area contributed by atoms with Crippen molar-refractivity contribution in [2.24, 2.45) is 0 Å². The van der Waals surface area contributed by atoms with Crippen molar-refractivity contribution in [2.75, 3.05) is 24.2 Å². The summed E-state index contributed by atoms with van der Waals surface area (Å²) < 4.78 is 24.2. The fourth-order valence-electron chi connectivity index (χ4n) is 1.12. The third-order valence-electron chi connectivity index (χ3n) is 1.83. The highest BCUT2D eigenvalue weighted by Gasteiger charge is 2.15. The van der Waals surface area contributed by atoms with Crippen molar-refractivity contribution in [2.45, 2.75) is 6.43 Å². The van der Waals surface area contributed by atoms with Crippen molar-refractivity contribution in [3.8, 4) is 0 Å². The molecule has 8 heteroatoms. The Morgan fingerprint density at radius 1 is 1.62 bits per heavy atom. The van der Waals surface area contributed by atoms with E-state index in [4.69, 9.17) is 5.73 Å². The maximum Gasteiger partial charge on any atom is 0.276 e. The molecule has 1 aromatic rings. The molecule has 0 bridgehead atoms. The largest absolute Gasteiger partial charge is 0.383 e. The smallest absolute Gasteiger partial charge is 0.276 e. The molecule has 16 heavy (non-hydrogen) atoms. The lowest BCUT2D eigenvalue weighted by atomic mass is 10.3. The fourth-order valence-corrected chi connectivity index (χ4v) is 1.12. The van der Waals surface area contributed by atoms with Crippen molar-refractivity contribution >= 4 is 17.3 Å². The Hall–Kier alpha value is -1.99. The average Bonchev–Trinajstić information content (AvgIpc) is 2.15. The molecule has 0 saturated carbocycles. The molecule has 1 aromatic heterocycles. The van der Waals surface area contributed by atoms with Gasteiger partial charge in [0, 0.05) is 7.05 Å². The van der Waals surface area contributed by atoms with E-state index < -0.39 is 17.9 Å². The number of aromatic nitrogens is 1. The molecule has 0 aliphatic rings. The molecule has 1 rings (SSSR count). The van der Waals surface area contributed by atoms with E-state index in [1.165, 1.54) is 7.05 Å². The lowest BCUT2D eigenvalue weighted by Crippen LogP contribution is -2.25. The van der Waals surface area contributed by atoms with Crippen LogP contribution in [-0.4, -0.2) is 29.9 Å². The van der Waals surface area contributed by atoms with Crippen LogP contribution in [0.2, 0.25) is 0 Å². The molecule has 0 amide bonds. The van der Waals surface area contributed by atoms with Gasteiger partial charge in [0.25, 0.3) is 12.1 Å². The van der Waals surface area contributed by atoms with Crippen molar-refractivity contribution in [3.05, 3.63) is 22.2 Å². The zero-order valence-electron chi connectivity index (χ0n) is 8.43. The number of rotatable bonds is 4. The van der Waals surface area contributed by atoms with Crippen LogP contribution in [0.3, 0.4) is 0 Å². The molecule has 0 aliphatic heterocycles. The predicted octanol–water partition coefficient (Wildman–Crippen LogP) is 1.27. The highest BCUT2D eigenvalue weighted by molar-refractivity contribution is 5.53. The number of nitro groups is 1. The molecular weight excluding hydrogens is 222 g/mol. The van der Waals surface area contributed by atoms with Gasteiger partial charge in [0.2, 0.25) is 0 Å². The number of halogens is 2. The van der Waals surface area contributed by atoms with Gasteiger partial charge in [-0.05, 0) is 0 Å². The number of anilines is 2. The van der Waals surface area contributed by atoms with Crippen molar-refractivity contribution in [1.82, 2.24) is 4.98 Å².